The minimum Gasteiger partial charge on any atom is -0.511 e. The molecule has 8 heteroatoms. The van der Waals surface area contributed by atoms with E-state index in [2.05, 4.69) is 0 Å². The van der Waals surface area contributed by atoms with Gasteiger partial charge in [0.05, 0.1) is 12.1 Å². The van der Waals surface area contributed by atoms with Gasteiger partial charge in [-0.15, -0.1) is 0 Å². The zero-order chi connectivity index (χ0) is 20.5. The Balaban J connectivity index is 2.14. The molecule has 1 aliphatic rings. The normalized spacial score (nSPS) is 15.0. The van der Waals surface area contributed by atoms with Crippen molar-refractivity contribution in [3.63, 3.8) is 0 Å². The predicted octanol–water partition coefficient (Wildman–Crippen LogP) is 3.66. The summed E-state index contributed by atoms with van der Waals surface area (Å²) in [6, 6.07) is 9.43. The van der Waals surface area contributed by atoms with Gasteiger partial charge in [-0.25, -0.2) is 0 Å². The molecule has 1 heterocycles. The molecular weight excluding hydrogens is 375 g/mol. The highest BCUT2D eigenvalue weighted by Crippen LogP contribution is 2.29. The van der Waals surface area contributed by atoms with E-state index in [-0.39, 0.29) is 12.8 Å². The number of alkyl halides is 3. The van der Waals surface area contributed by atoms with Gasteiger partial charge in [0, 0.05) is 12.8 Å². The highest BCUT2D eigenvalue weighted by molar-refractivity contribution is 6.26. The second kappa shape index (κ2) is 7.46. The van der Waals surface area contributed by atoms with Crippen LogP contribution in [0.4, 0.5) is 13.2 Å². The largest absolute Gasteiger partial charge is 0.511 e. The van der Waals surface area contributed by atoms with Gasteiger partial charge < -0.3 is 5.11 Å². The van der Waals surface area contributed by atoms with Crippen LogP contribution in [0.1, 0.15) is 40.9 Å². The highest BCUT2D eigenvalue weighted by Gasteiger charge is 2.36. The number of hydrogen-bond acceptors (Lipinski definition) is 4. The Morgan fingerprint density at radius 2 is 1.71 bits per heavy atom. The van der Waals surface area contributed by atoms with Gasteiger partial charge in [0.2, 0.25) is 5.78 Å². The topological polar surface area (TPSA) is 76.4 Å². The van der Waals surface area contributed by atoms with Crippen LogP contribution >= 0.6 is 0 Å². The molecule has 0 saturated heterocycles. The summed E-state index contributed by atoms with van der Waals surface area (Å²) in [5.74, 6) is -2.11. The summed E-state index contributed by atoms with van der Waals surface area (Å²) in [5.41, 5.74) is -3.03. The first-order valence-corrected chi connectivity index (χ1v) is 8.55. The Morgan fingerprint density at radius 1 is 1.04 bits per heavy atom. The fraction of sp³-hybridized carbons (Fsp3) is 0.250. The number of aliphatic hydroxyl groups excluding tert-OH is 1. The number of rotatable bonds is 4. The maximum absolute atomic E-state index is 13.4. The van der Waals surface area contributed by atoms with E-state index in [0.717, 1.165) is 6.07 Å². The van der Waals surface area contributed by atoms with Gasteiger partial charge in [-0.05, 0) is 24.1 Å². The van der Waals surface area contributed by atoms with Crippen LogP contribution in [0, 0.1) is 0 Å². The average molecular weight is 391 g/mol. The Labute approximate surface area is 157 Å². The predicted molar refractivity (Wildman–Crippen MR) is 94.1 cm³/mol. The third-order valence-corrected chi connectivity index (χ3v) is 4.50. The van der Waals surface area contributed by atoms with E-state index < -0.39 is 52.4 Å². The number of pyridine rings is 1. The molecule has 1 aromatic heterocycles. The van der Waals surface area contributed by atoms with E-state index in [9.17, 15) is 32.7 Å². The van der Waals surface area contributed by atoms with Gasteiger partial charge >= 0.3 is 6.18 Å². The first kappa shape index (κ1) is 19.6. The molecule has 0 saturated carbocycles. The zero-order valence-electron chi connectivity index (χ0n) is 14.6. The molecule has 5 nitrogen and oxygen atoms in total. The molecule has 0 amide bonds. The van der Waals surface area contributed by atoms with Crippen LogP contribution in [0.25, 0.3) is 0 Å². The molecule has 1 N–H and O–H groups in total. The number of halogens is 3. The molecule has 2 aromatic rings. The van der Waals surface area contributed by atoms with Crippen LogP contribution in [0.15, 0.2) is 58.6 Å². The lowest BCUT2D eigenvalue weighted by atomic mass is 9.90. The number of allylic oxidation sites excluding steroid dienone is 2. The molecule has 0 unspecified atom stereocenters. The number of Topliss-reactive ketones (excluding diaryl/α,β-unsaturated/α-hetero) is 2. The molecule has 3 rings (SSSR count). The van der Waals surface area contributed by atoms with Gasteiger partial charge in [0.1, 0.15) is 17.0 Å². The first-order chi connectivity index (χ1) is 13.2. The van der Waals surface area contributed by atoms with E-state index in [0.29, 0.717) is 22.6 Å². The van der Waals surface area contributed by atoms with Gasteiger partial charge in [0.25, 0.3) is 5.56 Å². The van der Waals surface area contributed by atoms with Crippen molar-refractivity contribution in [3.8, 4) is 0 Å². The van der Waals surface area contributed by atoms with Crippen molar-refractivity contribution in [2.45, 2.75) is 32.0 Å². The van der Waals surface area contributed by atoms with E-state index in [1.165, 1.54) is 0 Å². The number of carbonyl (C=O) groups excluding carboxylic acids is 2. The van der Waals surface area contributed by atoms with Gasteiger partial charge in [-0.1, -0.05) is 30.3 Å². The molecule has 0 atom stereocenters. The van der Waals surface area contributed by atoms with Crippen LogP contribution in [0.5, 0.6) is 0 Å². The van der Waals surface area contributed by atoms with Crippen molar-refractivity contribution < 1.29 is 27.9 Å². The third kappa shape index (κ3) is 3.76. The summed E-state index contributed by atoms with van der Waals surface area (Å²) >= 11 is 0. The highest BCUT2D eigenvalue weighted by atomic mass is 19.4. The van der Waals surface area contributed by atoms with Crippen molar-refractivity contribution in [2.75, 3.05) is 0 Å². The van der Waals surface area contributed by atoms with E-state index in [1.807, 2.05) is 0 Å². The molecule has 0 aliphatic heterocycles. The Bertz CT molecular complexity index is 1020. The summed E-state index contributed by atoms with van der Waals surface area (Å²) in [6.45, 7) is -0.394. The van der Waals surface area contributed by atoms with Crippen molar-refractivity contribution in [1.29, 1.82) is 0 Å². The second-order valence-electron chi connectivity index (χ2n) is 6.43. The molecule has 0 radical (unpaired) electrons. The van der Waals surface area contributed by atoms with Crippen LogP contribution in [-0.2, 0) is 17.5 Å². The van der Waals surface area contributed by atoms with Crippen molar-refractivity contribution >= 4 is 11.6 Å². The Hall–Kier alpha value is -3.16. The number of aliphatic hydroxyl groups is 1. The van der Waals surface area contributed by atoms with Crippen LogP contribution in [0.3, 0.4) is 0 Å². The van der Waals surface area contributed by atoms with Gasteiger partial charge in [0.15, 0.2) is 5.78 Å². The number of carbonyl (C=O) groups is 2. The standard InChI is InChI=1S/C20H16F3NO4/c21-20(22,23)16-10-9-13(18(27)17-14(25)7-4-8-15(17)26)19(28)24(16)11-12-5-2-1-3-6-12/h1-3,5-6,9-10,25H,4,7-8,11H2. The summed E-state index contributed by atoms with van der Waals surface area (Å²) in [7, 11) is 0. The fourth-order valence-corrected chi connectivity index (χ4v) is 3.14. The lowest BCUT2D eigenvalue weighted by Crippen LogP contribution is -2.34. The quantitative estimate of drug-likeness (QED) is 0.638. The summed E-state index contributed by atoms with van der Waals surface area (Å²) < 4.78 is 40.6. The number of nitrogens with zero attached hydrogens (tertiary/aromatic N) is 1. The van der Waals surface area contributed by atoms with Gasteiger partial charge in [-0.3, -0.25) is 19.0 Å². The molecule has 146 valence electrons. The van der Waals surface area contributed by atoms with Crippen LogP contribution < -0.4 is 5.56 Å². The minimum atomic E-state index is -4.81. The summed E-state index contributed by atoms with van der Waals surface area (Å²) in [6.07, 6.45) is -4.31. The Morgan fingerprint density at radius 3 is 2.32 bits per heavy atom. The molecular formula is C20H16F3NO4. The first-order valence-electron chi connectivity index (χ1n) is 8.55. The number of ketones is 2. The minimum absolute atomic E-state index is 0.0317. The van der Waals surface area contributed by atoms with Crippen molar-refractivity contribution in [2.24, 2.45) is 0 Å². The zero-order valence-corrected chi connectivity index (χ0v) is 14.6. The van der Waals surface area contributed by atoms with Gasteiger partial charge in [-0.2, -0.15) is 13.2 Å². The fourth-order valence-electron chi connectivity index (χ4n) is 3.14. The van der Waals surface area contributed by atoms with Crippen LogP contribution in [-0.4, -0.2) is 21.2 Å². The molecule has 0 fully saturated rings. The monoisotopic (exact) mass is 391 g/mol. The Kier molecular flexibility index (Phi) is 5.22. The summed E-state index contributed by atoms with van der Waals surface area (Å²) in [4.78, 5) is 37.4. The second-order valence-corrected chi connectivity index (χ2v) is 6.43. The van der Waals surface area contributed by atoms with E-state index >= 15 is 0 Å². The lowest BCUT2D eigenvalue weighted by Gasteiger charge is -2.18. The average Bonchev–Trinajstić information content (AvgIpc) is 2.63. The summed E-state index contributed by atoms with van der Waals surface area (Å²) in [5, 5.41) is 9.90. The lowest BCUT2D eigenvalue weighted by molar-refractivity contribution is -0.144. The maximum atomic E-state index is 13.4. The number of benzene rings is 1. The number of hydrogen-bond donors (Lipinski definition) is 1. The van der Waals surface area contributed by atoms with Crippen LogP contribution in [0.2, 0.25) is 0 Å². The number of aromatic nitrogens is 1. The SMILES string of the molecule is O=C1CCCC(O)=C1C(=O)c1ccc(C(F)(F)F)n(Cc2ccccc2)c1=O. The van der Waals surface area contributed by atoms with Crippen molar-refractivity contribution in [1.82, 2.24) is 4.57 Å². The van der Waals surface area contributed by atoms with E-state index in [1.54, 1.807) is 30.3 Å². The maximum Gasteiger partial charge on any atom is 0.431 e. The molecule has 0 bridgehead atoms. The molecule has 1 aromatic carbocycles. The third-order valence-electron chi connectivity index (χ3n) is 4.50. The molecule has 0 spiro atoms. The molecule has 1 aliphatic carbocycles. The van der Waals surface area contributed by atoms with E-state index in [4.69, 9.17) is 0 Å². The molecule has 28 heavy (non-hydrogen) atoms. The van der Waals surface area contributed by atoms with Crippen molar-refractivity contribution in [3.05, 3.63) is 81.0 Å². The smallest absolute Gasteiger partial charge is 0.431 e.